The Morgan fingerprint density at radius 1 is 1.47 bits per heavy atom. The van der Waals surface area contributed by atoms with Gasteiger partial charge in [-0.05, 0) is 30.3 Å². The highest BCUT2D eigenvalue weighted by molar-refractivity contribution is 7.71. The van der Waals surface area contributed by atoms with E-state index in [2.05, 4.69) is 29.0 Å². The van der Waals surface area contributed by atoms with Gasteiger partial charge < -0.3 is 4.57 Å². The van der Waals surface area contributed by atoms with E-state index in [1.165, 1.54) is 0 Å². The summed E-state index contributed by atoms with van der Waals surface area (Å²) in [6.45, 7) is 4.83. The van der Waals surface area contributed by atoms with E-state index in [0.29, 0.717) is 28.6 Å². The van der Waals surface area contributed by atoms with E-state index in [9.17, 15) is 4.79 Å². The summed E-state index contributed by atoms with van der Waals surface area (Å²) in [6, 6.07) is 3.57. The second-order valence-corrected chi connectivity index (χ2v) is 4.68. The topological polar surface area (TPSA) is 66.5 Å². The summed E-state index contributed by atoms with van der Waals surface area (Å²) >= 11 is 4.87. The number of nitrogens with zero attached hydrogens (tertiary/aromatic N) is 2. The zero-order valence-corrected chi connectivity index (χ0v) is 10.5. The van der Waals surface area contributed by atoms with Gasteiger partial charge in [-0.3, -0.25) is 15.0 Å². The van der Waals surface area contributed by atoms with Gasteiger partial charge in [-0.15, -0.1) is 0 Å². The van der Waals surface area contributed by atoms with Crippen LogP contribution < -0.4 is 5.56 Å². The van der Waals surface area contributed by atoms with E-state index in [-0.39, 0.29) is 5.56 Å². The molecule has 0 unspecified atom stereocenters. The van der Waals surface area contributed by atoms with Gasteiger partial charge in [-0.25, -0.2) is 0 Å². The summed E-state index contributed by atoms with van der Waals surface area (Å²) in [5.74, 6) is 0.902. The molecular weight excluding hydrogens is 236 g/mol. The van der Waals surface area contributed by atoms with E-state index in [1.54, 1.807) is 16.8 Å². The second kappa shape index (κ2) is 4.67. The van der Waals surface area contributed by atoms with Gasteiger partial charge in [0, 0.05) is 12.7 Å². The number of rotatable bonds is 3. The molecule has 17 heavy (non-hydrogen) atoms. The Bertz CT molecular complexity index is 623. The molecule has 6 heteroatoms. The molecule has 0 aromatic carbocycles. The third-order valence-corrected chi connectivity index (χ3v) is 2.53. The molecule has 2 rings (SSSR count). The maximum atomic E-state index is 12.2. The molecular formula is C11H14N4OS. The quantitative estimate of drug-likeness (QED) is 0.818. The molecule has 0 aliphatic carbocycles. The van der Waals surface area contributed by atoms with Crippen LogP contribution in [0.25, 0.3) is 11.4 Å². The summed E-state index contributed by atoms with van der Waals surface area (Å²) < 4.78 is 2.03. The number of pyridine rings is 1. The summed E-state index contributed by atoms with van der Waals surface area (Å²) in [6.07, 6.45) is 1.78. The van der Waals surface area contributed by atoms with Gasteiger partial charge in [0.15, 0.2) is 5.82 Å². The first kappa shape index (κ1) is 11.8. The maximum Gasteiger partial charge on any atom is 0.261 e. The lowest BCUT2D eigenvalue weighted by molar-refractivity contribution is 0.511. The predicted molar refractivity (Wildman–Crippen MR) is 68.3 cm³/mol. The molecule has 2 N–H and O–H groups in total. The highest BCUT2D eigenvalue weighted by Crippen LogP contribution is 2.08. The number of aromatic amines is 2. The Labute approximate surface area is 104 Å². The summed E-state index contributed by atoms with van der Waals surface area (Å²) in [7, 11) is 0. The molecule has 2 heterocycles. The number of nitrogens with one attached hydrogen (secondary N) is 2. The van der Waals surface area contributed by atoms with Gasteiger partial charge >= 0.3 is 0 Å². The Hall–Kier alpha value is -1.69. The lowest BCUT2D eigenvalue weighted by atomic mass is 10.2. The van der Waals surface area contributed by atoms with E-state index >= 15 is 0 Å². The van der Waals surface area contributed by atoms with Gasteiger partial charge in [-0.2, -0.15) is 4.98 Å². The van der Waals surface area contributed by atoms with Crippen LogP contribution in [0, 0.1) is 10.7 Å². The fourth-order valence-corrected chi connectivity index (χ4v) is 1.79. The summed E-state index contributed by atoms with van der Waals surface area (Å²) in [4.78, 5) is 16.2. The number of H-pyrrole nitrogens is 2. The molecule has 0 spiro atoms. The van der Waals surface area contributed by atoms with Crippen LogP contribution in [0.2, 0.25) is 0 Å². The molecule has 0 saturated carbocycles. The van der Waals surface area contributed by atoms with Crippen LogP contribution in [0.3, 0.4) is 0 Å². The van der Waals surface area contributed by atoms with Crippen LogP contribution in [0.1, 0.15) is 13.8 Å². The van der Waals surface area contributed by atoms with Crippen molar-refractivity contribution in [1.29, 1.82) is 0 Å². The standard InChI is InChI=1S/C11H14N4OS/c1-7(2)6-15-5-3-4-8(10(15)16)9-12-11(17)14-13-9/h3-5,7H,6H2,1-2H3,(H2,12,13,14,17). The molecule has 2 aromatic heterocycles. The van der Waals surface area contributed by atoms with Crippen molar-refractivity contribution in [2.75, 3.05) is 0 Å². The van der Waals surface area contributed by atoms with Gasteiger partial charge in [0.25, 0.3) is 5.56 Å². The van der Waals surface area contributed by atoms with Crippen molar-refractivity contribution in [3.63, 3.8) is 0 Å². The third-order valence-electron chi connectivity index (χ3n) is 2.34. The Morgan fingerprint density at radius 2 is 2.24 bits per heavy atom. The van der Waals surface area contributed by atoms with E-state index in [0.717, 1.165) is 0 Å². The average Bonchev–Trinajstić information content (AvgIpc) is 2.67. The molecule has 2 aromatic rings. The number of aromatic nitrogens is 4. The zero-order valence-electron chi connectivity index (χ0n) is 9.73. The lowest BCUT2D eigenvalue weighted by Crippen LogP contribution is -2.23. The van der Waals surface area contributed by atoms with Gasteiger partial charge in [0.1, 0.15) is 0 Å². The Balaban J connectivity index is 2.49. The van der Waals surface area contributed by atoms with Crippen molar-refractivity contribution in [2.24, 2.45) is 5.92 Å². The van der Waals surface area contributed by atoms with Crippen molar-refractivity contribution >= 4 is 12.2 Å². The van der Waals surface area contributed by atoms with Crippen LogP contribution in [-0.4, -0.2) is 19.7 Å². The summed E-state index contributed by atoms with van der Waals surface area (Å²) in [5.41, 5.74) is 0.472. The minimum atomic E-state index is -0.0565. The molecule has 0 radical (unpaired) electrons. The van der Waals surface area contributed by atoms with Crippen molar-refractivity contribution in [2.45, 2.75) is 20.4 Å². The highest BCUT2D eigenvalue weighted by atomic mass is 32.1. The minimum absolute atomic E-state index is 0.0565. The average molecular weight is 250 g/mol. The predicted octanol–water partition coefficient (Wildman–Crippen LogP) is 1.95. The zero-order chi connectivity index (χ0) is 12.4. The van der Waals surface area contributed by atoms with Gasteiger partial charge in [0.05, 0.1) is 5.56 Å². The van der Waals surface area contributed by atoms with Crippen molar-refractivity contribution in [3.8, 4) is 11.4 Å². The highest BCUT2D eigenvalue weighted by Gasteiger charge is 2.09. The molecule has 0 atom stereocenters. The molecule has 0 fully saturated rings. The normalized spacial score (nSPS) is 11.0. The molecule has 5 nitrogen and oxygen atoms in total. The first-order chi connectivity index (χ1) is 8.08. The third kappa shape index (κ3) is 2.52. The van der Waals surface area contributed by atoms with E-state index in [4.69, 9.17) is 12.2 Å². The molecule has 0 aliphatic rings. The fraction of sp³-hybridized carbons (Fsp3) is 0.364. The Morgan fingerprint density at radius 3 is 2.82 bits per heavy atom. The van der Waals surface area contributed by atoms with Crippen LogP contribution in [0.4, 0.5) is 0 Å². The molecule has 0 bridgehead atoms. The first-order valence-corrected chi connectivity index (χ1v) is 5.83. The fourth-order valence-electron chi connectivity index (χ4n) is 1.65. The SMILES string of the molecule is CC(C)Cn1cccc(-c2nc(=S)[nH][nH]2)c1=O. The molecule has 0 aliphatic heterocycles. The van der Waals surface area contributed by atoms with Crippen molar-refractivity contribution < 1.29 is 0 Å². The van der Waals surface area contributed by atoms with Gasteiger partial charge in [-0.1, -0.05) is 13.8 Å². The molecule has 0 saturated heterocycles. The summed E-state index contributed by atoms with van der Waals surface area (Å²) in [5, 5.41) is 5.47. The largest absolute Gasteiger partial charge is 0.315 e. The van der Waals surface area contributed by atoms with Crippen LogP contribution in [0.15, 0.2) is 23.1 Å². The monoisotopic (exact) mass is 250 g/mol. The van der Waals surface area contributed by atoms with Crippen molar-refractivity contribution in [3.05, 3.63) is 33.5 Å². The molecule has 0 amide bonds. The number of hydrogen-bond donors (Lipinski definition) is 2. The maximum absolute atomic E-state index is 12.2. The number of hydrogen-bond acceptors (Lipinski definition) is 3. The van der Waals surface area contributed by atoms with Crippen LogP contribution in [-0.2, 0) is 6.54 Å². The Kier molecular flexibility index (Phi) is 3.23. The van der Waals surface area contributed by atoms with E-state index in [1.807, 2.05) is 6.07 Å². The van der Waals surface area contributed by atoms with Crippen LogP contribution >= 0.6 is 12.2 Å². The smallest absolute Gasteiger partial charge is 0.261 e. The minimum Gasteiger partial charge on any atom is -0.315 e. The second-order valence-electron chi connectivity index (χ2n) is 4.29. The lowest BCUT2D eigenvalue weighted by Gasteiger charge is -2.09. The van der Waals surface area contributed by atoms with E-state index < -0.39 is 0 Å². The first-order valence-electron chi connectivity index (χ1n) is 5.42. The van der Waals surface area contributed by atoms with Crippen LogP contribution in [0.5, 0.6) is 0 Å². The molecule has 90 valence electrons. The van der Waals surface area contributed by atoms with Gasteiger partial charge in [0.2, 0.25) is 4.77 Å². The van der Waals surface area contributed by atoms with Crippen molar-refractivity contribution in [1.82, 2.24) is 19.7 Å².